The van der Waals surface area contributed by atoms with Gasteiger partial charge in [-0.25, -0.2) is 0 Å². The first kappa shape index (κ1) is 13.4. The molecule has 0 bridgehead atoms. The molecule has 0 radical (unpaired) electrons. The average Bonchev–Trinajstić information content (AvgIpc) is 2.18. The van der Waals surface area contributed by atoms with Crippen molar-refractivity contribution in [3.63, 3.8) is 0 Å². The van der Waals surface area contributed by atoms with Gasteiger partial charge in [-0.05, 0) is 23.6 Å². The predicted molar refractivity (Wildman–Crippen MR) is 66.2 cm³/mol. The fraction of sp³-hybridized carbons (Fsp3) is 0.462. The van der Waals surface area contributed by atoms with E-state index in [1.807, 2.05) is 20.8 Å². The maximum Gasteiger partial charge on any atom is 0.257 e. The molecular weight excluding hydrogens is 218 g/mol. The molecule has 0 spiro atoms. The number of hydrogen-bond acceptors (Lipinski definition) is 3. The molecular formula is C13H19NO3. The van der Waals surface area contributed by atoms with Gasteiger partial charge in [0.1, 0.15) is 11.5 Å². The molecule has 17 heavy (non-hydrogen) atoms. The second-order valence-electron chi connectivity index (χ2n) is 5.42. The third-order valence-electron chi connectivity index (χ3n) is 2.27. The zero-order valence-corrected chi connectivity index (χ0v) is 10.7. The Balaban J connectivity index is 2.93. The number of phenols is 2. The van der Waals surface area contributed by atoms with Gasteiger partial charge in [0.05, 0.1) is 5.56 Å². The molecule has 0 aliphatic heterocycles. The van der Waals surface area contributed by atoms with E-state index < -0.39 is 0 Å². The topological polar surface area (TPSA) is 60.8 Å². The van der Waals surface area contributed by atoms with Crippen molar-refractivity contribution in [3.05, 3.63) is 23.8 Å². The van der Waals surface area contributed by atoms with Gasteiger partial charge in [-0.15, -0.1) is 0 Å². The van der Waals surface area contributed by atoms with Crippen LogP contribution in [-0.4, -0.2) is 34.6 Å². The van der Waals surface area contributed by atoms with Gasteiger partial charge in [-0.1, -0.05) is 20.8 Å². The second-order valence-corrected chi connectivity index (χ2v) is 5.42. The molecule has 2 N–H and O–H groups in total. The van der Waals surface area contributed by atoms with Gasteiger partial charge >= 0.3 is 0 Å². The van der Waals surface area contributed by atoms with Crippen LogP contribution in [0.5, 0.6) is 11.5 Å². The summed E-state index contributed by atoms with van der Waals surface area (Å²) >= 11 is 0. The average molecular weight is 237 g/mol. The molecule has 0 atom stereocenters. The lowest BCUT2D eigenvalue weighted by molar-refractivity contribution is 0.0742. The van der Waals surface area contributed by atoms with E-state index in [4.69, 9.17) is 0 Å². The highest BCUT2D eigenvalue weighted by Gasteiger charge is 2.21. The molecule has 1 aromatic rings. The van der Waals surface area contributed by atoms with Gasteiger partial charge < -0.3 is 15.1 Å². The highest BCUT2D eigenvalue weighted by Crippen LogP contribution is 2.24. The molecule has 0 aliphatic rings. The molecule has 0 heterocycles. The third-order valence-corrected chi connectivity index (χ3v) is 2.27. The lowest BCUT2D eigenvalue weighted by Gasteiger charge is -2.26. The molecule has 0 fully saturated rings. The van der Waals surface area contributed by atoms with Crippen LogP contribution in [0.4, 0.5) is 0 Å². The summed E-state index contributed by atoms with van der Waals surface area (Å²) in [4.78, 5) is 13.6. The van der Waals surface area contributed by atoms with Crippen molar-refractivity contribution in [2.45, 2.75) is 20.8 Å². The van der Waals surface area contributed by atoms with Crippen LogP contribution < -0.4 is 0 Å². The Bertz CT molecular complexity index is 421. The monoisotopic (exact) mass is 237 g/mol. The zero-order valence-electron chi connectivity index (χ0n) is 10.7. The van der Waals surface area contributed by atoms with Crippen molar-refractivity contribution >= 4 is 5.91 Å². The standard InChI is InChI=1S/C13H19NO3/c1-13(2,3)8-14(4)12(17)10-7-9(15)5-6-11(10)16/h5-7,15-16H,8H2,1-4H3. The van der Waals surface area contributed by atoms with E-state index >= 15 is 0 Å². The number of carbonyl (C=O) groups is 1. The molecule has 4 nitrogen and oxygen atoms in total. The molecule has 0 aromatic heterocycles. The molecule has 0 saturated heterocycles. The molecule has 0 unspecified atom stereocenters. The van der Waals surface area contributed by atoms with Crippen molar-refractivity contribution < 1.29 is 15.0 Å². The van der Waals surface area contributed by atoms with E-state index in [1.54, 1.807) is 7.05 Å². The Hall–Kier alpha value is -1.71. The van der Waals surface area contributed by atoms with Gasteiger partial charge in [0, 0.05) is 13.6 Å². The van der Waals surface area contributed by atoms with Crippen LogP contribution in [0.15, 0.2) is 18.2 Å². The number of benzene rings is 1. The van der Waals surface area contributed by atoms with Gasteiger partial charge in [-0.3, -0.25) is 4.79 Å². The first-order chi connectivity index (χ1) is 7.70. The van der Waals surface area contributed by atoms with Gasteiger partial charge in [-0.2, -0.15) is 0 Å². The summed E-state index contributed by atoms with van der Waals surface area (Å²) in [7, 11) is 1.68. The number of hydrogen-bond donors (Lipinski definition) is 2. The van der Waals surface area contributed by atoms with E-state index in [9.17, 15) is 15.0 Å². The van der Waals surface area contributed by atoms with Gasteiger partial charge in [0.25, 0.3) is 5.91 Å². The number of amides is 1. The zero-order chi connectivity index (χ0) is 13.2. The lowest BCUT2D eigenvalue weighted by Crippen LogP contribution is -2.34. The Kier molecular flexibility index (Phi) is 3.66. The smallest absolute Gasteiger partial charge is 0.257 e. The summed E-state index contributed by atoms with van der Waals surface area (Å²) in [6.07, 6.45) is 0. The minimum atomic E-state index is -0.298. The summed E-state index contributed by atoms with van der Waals surface area (Å²) in [5.41, 5.74) is 0.105. The molecule has 1 amide bonds. The number of phenolic OH excluding ortho intramolecular Hbond substituents is 2. The molecule has 1 aromatic carbocycles. The van der Waals surface area contributed by atoms with E-state index in [2.05, 4.69) is 0 Å². The maximum absolute atomic E-state index is 12.1. The van der Waals surface area contributed by atoms with Gasteiger partial charge in [0.15, 0.2) is 0 Å². The molecule has 0 aliphatic carbocycles. The summed E-state index contributed by atoms with van der Waals surface area (Å²) in [5.74, 6) is -0.447. The van der Waals surface area contributed by atoms with Crippen LogP contribution in [0.2, 0.25) is 0 Å². The van der Waals surface area contributed by atoms with Crippen molar-refractivity contribution in [1.29, 1.82) is 0 Å². The van der Waals surface area contributed by atoms with Crippen molar-refractivity contribution in [2.75, 3.05) is 13.6 Å². The number of nitrogens with zero attached hydrogens (tertiary/aromatic N) is 1. The molecule has 94 valence electrons. The van der Waals surface area contributed by atoms with Crippen LogP contribution in [-0.2, 0) is 0 Å². The van der Waals surface area contributed by atoms with Gasteiger partial charge in [0.2, 0.25) is 0 Å². The number of carbonyl (C=O) groups excluding carboxylic acids is 1. The first-order valence-corrected chi connectivity index (χ1v) is 5.48. The fourth-order valence-electron chi connectivity index (χ4n) is 1.68. The quantitative estimate of drug-likeness (QED) is 0.775. The van der Waals surface area contributed by atoms with Crippen LogP contribution in [0.25, 0.3) is 0 Å². The summed E-state index contributed by atoms with van der Waals surface area (Å²) in [6, 6.07) is 3.93. The normalized spacial score (nSPS) is 11.3. The van der Waals surface area contributed by atoms with E-state index in [-0.39, 0.29) is 28.4 Å². The lowest BCUT2D eigenvalue weighted by atomic mass is 9.96. The largest absolute Gasteiger partial charge is 0.508 e. The Morgan fingerprint density at radius 2 is 1.88 bits per heavy atom. The van der Waals surface area contributed by atoms with E-state index in [0.29, 0.717) is 6.54 Å². The molecule has 0 saturated carbocycles. The fourth-order valence-corrected chi connectivity index (χ4v) is 1.68. The Morgan fingerprint density at radius 1 is 1.29 bits per heavy atom. The minimum Gasteiger partial charge on any atom is -0.508 e. The maximum atomic E-state index is 12.1. The SMILES string of the molecule is CN(CC(C)(C)C)C(=O)c1cc(O)ccc1O. The summed E-state index contributed by atoms with van der Waals surface area (Å²) < 4.78 is 0. The summed E-state index contributed by atoms with van der Waals surface area (Å²) in [6.45, 7) is 6.65. The third kappa shape index (κ3) is 3.66. The van der Waals surface area contributed by atoms with E-state index in [1.165, 1.54) is 23.1 Å². The number of rotatable bonds is 2. The van der Waals surface area contributed by atoms with Crippen molar-refractivity contribution in [1.82, 2.24) is 4.90 Å². The highest BCUT2D eigenvalue weighted by molar-refractivity contribution is 5.97. The highest BCUT2D eigenvalue weighted by atomic mass is 16.3. The van der Waals surface area contributed by atoms with Crippen LogP contribution in [0.3, 0.4) is 0 Å². The summed E-state index contributed by atoms with van der Waals surface area (Å²) in [5, 5.41) is 18.9. The Morgan fingerprint density at radius 3 is 2.41 bits per heavy atom. The molecule has 1 rings (SSSR count). The van der Waals surface area contributed by atoms with Crippen molar-refractivity contribution in [3.8, 4) is 11.5 Å². The van der Waals surface area contributed by atoms with Crippen LogP contribution in [0.1, 0.15) is 31.1 Å². The minimum absolute atomic E-state index is 0.0170. The second kappa shape index (κ2) is 4.65. The van der Waals surface area contributed by atoms with E-state index in [0.717, 1.165) is 0 Å². The first-order valence-electron chi connectivity index (χ1n) is 5.48. The van der Waals surface area contributed by atoms with Crippen LogP contribution in [0, 0.1) is 5.41 Å². The number of aromatic hydroxyl groups is 2. The van der Waals surface area contributed by atoms with Crippen LogP contribution >= 0.6 is 0 Å². The predicted octanol–water partition coefficient (Wildman–Crippen LogP) is 2.22. The van der Waals surface area contributed by atoms with Crippen molar-refractivity contribution in [2.24, 2.45) is 5.41 Å². The Labute approximate surface area is 101 Å². The molecule has 4 heteroatoms.